The fourth-order valence-corrected chi connectivity index (χ4v) is 1.16. The highest BCUT2D eigenvalue weighted by molar-refractivity contribution is 5.34. The Kier molecular flexibility index (Phi) is 4.34. The van der Waals surface area contributed by atoms with E-state index < -0.39 is 5.82 Å². The molecule has 1 rings (SSSR count). The highest BCUT2D eigenvalue weighted by Gasteiger charge is 2.01. The largest absolute Gasteiger partial charge is 0.312 e. The van der Waals surface area contributed by atoms with Gasteiger partial charge in [-0.15, -0.1) is 12.3 Å². The molecular formula is C12H11FN2. The highest BCUT2D eigenvalue weighted by atomic mass is 19.1. The van der Waals surface area contributed by atoms with E-state index in [0.29, 0.717) is 13.0 Å². The number of nitrogens with one attached hydrogen (secondary N) is 1. The zero-order chi connectivity index (χ0) is 11.1. The molecule has 0 aliphatic carbocycles. The van der Waals surface area contributed by atoms with Crippen molar-refractivity contribution in [3.8, 4) is 18.4 Å². The number of hydrogen-bond donors (Lipinski definition) is 1. The Bertz CT molecular complexity index is 413. The summed E-state index contributed by atoms with van der Waals surface area (Å²) < 4.78 is 12.9. The summed E-state index contributed by atoms with van der Waals surface area (Å²) in [5.41, 5.74) is 0.955. The van der Waals surface area contributed by atoms with Crippen molar-refractivity contribution in [3.63, 3.8) is 0 Å². The lowest BCUT2D eigenvalue weighted by Crippen LogP contribution is -2.14. The molecule has 3 heteroatoms. The molecule has 0 aliphatic rings. The maximum atomic E-state index is 12.9. The molecule has 0 aromatic heterocycles. The smallest absolute Gasteiger partial charge is 0.140 e. The average molecular weight is 202 g/mol. The summed E-state index contributed by atoms with van der Waals surface area (Å²) in [4.78, 5) is 0. The average Bonchev–Trinajstić information content (AvgIpc) is 2.26. The number of benzene rings is 1. The minimum atomic E-state index is -0.482. The number of hydrogen-bond acceptors (Lipinski definition) is 2. The van der Waals surface area contributed by atoms with E-state index in [1.165, 1.54) is 12.1 Å². The van der Waals surface area contributed by atoms with Gasteiger partial charge in [-0.2, -0.15) is 5.26 Å². The molecule has 0 radical (unpaired) electrons. The number of nitriles is 1. The van der Waals surface area contributed by atoms with E-state index in [1.807, 2.05) is 0 Å². The van der Waals surface area contributed by atoms with Crippen molar-refractivity contribution in [1.82, 2.24) is 5.32 Å². The molecule has 0 atom stereocenters. The Hall–Kier alpha value is -1.84. The van der Waals surface area contributed by atoms with Crippen LogP contribution in [0.1, 0.15) is 17.5 Å². The maximum Gasteiger partial charge on any atom is 0.140 e. The summed E-state index contributed by atoms with van der Waals surface area (Å²) in [7, 11) is 0. The molecule has 0 aliphatic heterocycles. The molecule has 0 heterocycles. The minimum Gasteiger partial charge on any atom is -0.312 e. The monoisotopic (exact) mass is 202 g/mol. The predicted molar refractivity (Wildman–Crippen MR) is 56.3 cm³/mol. The first-order valence-corrected chi connectivity index (χ1v) is 4.60. The van der Waals surface area contributed by atoms with Crippen molar-refractivity contribution >= 4 is 0 Å². The second-order valence-corrected chi connectivity index (χ2v) is 3.06. The fourth-order valence-electron chi connectivity index (χ4n) is 1.16. The topological polar surface area (TPSA) is 35.8 Å². The number of halogens is 1. The van der Waals surface area contributed by atoms with Gasteiger partial charge in [0.25, 0.3) is 0 Å². The van der Waals surface area contributed by atoms with E-state index in [-0.39, 0.29) is 5.56 Å². The van der Waals surface area contributed by atoms with Gasteiger partial charge in [-0.25, -0.2) is 4.39 Å². The summed E-state index contributed by atoms with van der Waals surface area (Å²) in [6, 6.07) is 6.30. The zero-order valence-corrected chi connectivity index (χ0v) is 8.26. The van der Waals surface area contributed by atoms with Crippen LogP contribution >= 0.6 is 0 Å². The molecule has 0 saturated heterocycles. The van der Waals surface area contributed by atoms with Crippen molar-refractivity contribution in [2.24, 2.45) is 0 Å². The van der Waals surface area contributed by atoms with Gasteiger partial charge >= 0.3 is 0 Å². The first-order valence-electron chi connectivity index (χ1n) is 4.60. The Morgan fingerprint density at radius 1 is 1.47 bits per heavy atom. The molecule has 0 spiro atoms. The Morgan fingerprint density at radius 2 is 2.27 bits per heavy atom. The van der Waals surface area contributed by atoms with E-state index in [1.54, 1.807) is 12.1 Å². The molecule has 1 aromatic rings. The second kappa shape index (κ2) is 5.80. The van der Waals surface area contributed by atoms with Crippen molar-refractivity contribution < 1.29 is 4.39 Å². The van der Waals surface area contributed by atoms with Gasteiger partial charge in [-0.05, 0) is 17.7 Å². The van der Waals surface area contributed by atoms with E-state index in [2.05, 4.69) is 11.2 Å². The van der Waals surface area contributed by atoms with Crippen LogP contribution in [0, 0.1) is 29.5 Å². The molecule has 15 heavy (non-hydrogen) atoms. The summed E-state index contributed by atoms with van der Waals surface area (Å²) in [6.07, 6.45) is 5.75. The van der Waals surface area contributed by atoms with E-state index in [4.69, 9.17) is 11.7 Å². The van der Waals surface area contributed by atoms with Gasteiger partial charge in [0.05, 0.1) is 5.56 Å². The SMILES string of the molecule is C#CCCNCc1ccc(F)c(C#N)c1. The predicted octanol–water partition coefficient (Wildman–Crippen LogP) is 1.81. The lowest BCUT2D eigenvalue weighted by atomic mass is 10.1. The van der Waals surface area contributed by atoms with Gasteiger partial charge in [0.1, 0.15) is 11.9 Å². The van der Waals surface area contributed by atoms with Crippen LogP contribution in [0.2, 0.25) is 0 Å². The molecule has 0 fully saturated rings. The lowest BCUT2D eigenvalue weighted by Gasteiger charge is -2.03. The molecule has 76 valence electrons. The zero-order valence-electron chi connectivity index (χ0n) is 8.26. The third-order valence-corrected chi connectivity index (χ3v) is 1.93. The van der Waals surface area contributed by atoms with Gasteiger partial charge < -0.3 is 5.32 Å². The van der Waals surface area contributed by atoms with Crippen molar-refractivity contribution in [1.29, 1.82) is 5.26 Å². The first-order chi connectivity index (χ1) is 7.27. The van der Waals surface area contributed by atoms with Crippen LogP contribution in [0.4, 0.5) is 4.39 Å². The van der Waals surface area contributed by atoms with Crippen molar-refractivity contribution in [3.05, 3.63) is 35.1 Å². The minimum absolute atomic E-state index is 0.0752. The summed E-state index contributed by atoms with van der Waals surface area (Å²) >= 11 is 0. The number of nitrogens with zero attached hydrogens (tertiary/aromatic N) is 1. The Balaban J connectivity index is 2.57. The van der Waals surface area contributed by atoms with E-state index >= 15 is 0 Å². The molecule has 0 unspecified atom stereocenters. The van der Waals surface area contributed by atoms with Crippen LogP contribution < -0.4 is 5.32 Å². The molecule has 1 aromatic carbocycles. The highest BCUT2D eigenvalue weighted by Crippen LogP contribution is 2.09. The van der Waals surface area contributed by atoms with Gasteiger partial charge in [0.15, 0.2) is 0 Å². The third kappa shape index (κ3) is 3.42. The standard InChI is InChI=1S/C12H11FN2/c1-2-3-6-15-9-10-4-5-12(13)11(7-10)8-14/h1,4-5,7,15H,3,6,9H2. The molecule has 0 saturated carbocycles. The van der Waals surface area contributed by atoms with Crippen molar-refractivity contribution in [2.75, 3.05) is 6.54 Å². The van der Waals surface area contributed by atoms with Crippen LogP contribution in [0.3, 0.4) is 0 Å². The molecule has 1 N–H and O–H groups in total. The first kappa shape index (κ1) is 11.2. The number of terminal acetylenes is 1. The molecule has 2 nitrogen and oxygen atoms in total. The summed E-state index contributed by atoms with van der Waals surface area (Å²) in [5, 5.41) is 11.7. The van der Waals surface area contributed by atoms with Gasteiger partial charge in [0, 0.05) is 19.5 Å². The van der Waals surface area contributed by atoms with Gasteiger partial charge in [0.2, 0.25) is 0 Å². The summed E-state index contributed by atoms with van der Waals surface area (Å²) in [5.74, 6) is 2.03. The van der Waals surface area contributed by atoms with Gasteiger partial charge in [-0.1, -0.05) is 6.07 Å². The number of rotatable bonds is 4. The fraction of sp³-hybridized carbons (Fsp3) is 0.250. The van der Waals surface area contributed by atoms with E-state index in [0.717, 1.165) is 12.1 Å². The van der Waals surface area contributed by atoms with Gasteiger partial charge in [-0.3, -0.25) is 0 Å². The van der Waals surface area contributed by atoms with Crippen LogP contribution in [0.15, 0.2) is 18.2 Å². The normalized spacial score (nSPS) is 9.27. The van der Waals surface area contributed by atoms with Crippen LogP contribution in [0.25, 0.3) is 0 Å². The lowest BCUT2D eigenvalue weighted by molar-refractivity contribution is 0.621. The van der Waals surface area contributed by atoms with E-state index in [9.17, 15) is 4.39 Å². The van der Waals surface area contributed by atoms with Crippen LogP contribution in [0.5, 0.6) is 0 Å². The summed E-state index contributed by atoms with van der Waals surface area (Å²) in [6.45, 7) is 1.31. The molecule has 0 amide bonds. The Labute approximate surface area is 88.7 Å². The Morgan fingerprint density at radius 3 is 2.93 bits per heavy atom. The van der Waals surface area contributed by atoms with Crippen LogP contribution in [-0.4, -0.2) is 6.54 Å². The van der Waals surface area contributed by atoms with Crippen molar-refractivity contribution in [2.45, 2.75) is 13.0 Å². The second-order valence-electron chi connectivity index (χ2n) is 3.06. The quantitative estimate of drug-likeness (QED) is 0.597. The van der Waals surface area contributed by atoms with Crippen LogP contribution in [-0.2, 0) is 6.54 Å². The maximum absolute atomic E-state index is 12.9. The molecule has 0 bridgehead atoms. The third-order valence-electron chi connectivity index (χ3n) is 1.93. The molecular weight excluding hydrogens is 191 g/mol.